The zero-order valence-corrected chi connectivity index (χ0v) is 34.4. The molecule has 2 aliphatic carbocycles. The van der Waals surface area contributed by atoms with Crippen molar-refractivity contribution in [3.05, 3.63) is 259 Å². The quantitative estimate of drug-likeness (QED) is 0.172. The maximum absolute atomic E-state index is 6.50. The lowest BCUT2D eigenvalue weighted by molar-refractivity contribution is 0.670. The highest BCUT2D eigenvalue weighted by Gasteiger charge is 2.49. The van der Waals surface area contributed by atoms with E-state index in [2.05, 4.69) is 229 Å². The molecule has 13 rings (SSSR count). The van der Waals surface area contributed by atoms with Crippen LogP contribution in [0.25, 0.3) is 77.6 Å². The summed E-state index contributed by atoms with van der Waals surface area (Å²) in [4.78, 5) is 2.44. The largest absolute Gasteiger partial charge is 0.455 e. The minimum absolute atomic E-state index is 0.539. The van der Waals surface area contributed by atoms with Gasteiger partial charge in [-0.3, -0.25) is 0 Å². The van der Waals surface area contributed by atoms with Crippen LogP contribution in [0.5, 0.6) is 0 Å². The number of nitrogens with zero attached hydrogens (tertiary/aromatic N) is 1. The summed E-state index contributed by atoms with van der Waals surface area (Å²) in [7, 11) is 0. The third-order valence-corrected chi connectivity index (χ3v) is 13.5. The molecular weight excluding hydrogens is 763 g/mol. The van der Waals surface area contributed by atoms with Crippen LogP contribution in [0.15, 0.2) is 241 Å². The van der Waals surface area contributed by atoms with E-state index >= 15 is 0 Å². The fraction of sp³-hybridized carbons (Fsp3) is 0.0164. The predicted octanol–water partition coefficient (Wildman–Crippen LogP) is 16.4. The van der Waals surface area contributed by atoms with E-state index in [4.69, 9.17) is 4.42 Å². The van der Waals surface area contributed by atoms with Gasteiger partial charge >= 0.3 is 0 Å². The van der Waals surface area contributed by atoms with Gasteiger partial charge in [-0.05, 0) is 103 Å². The molecule has 0 saturated heterocycles. The van der Waals surface area contributed by atoms with Crippen molar-refractivity contribution >= 4 is 39.0 Å². The predicted molar refractivity (Wildman–Crippen MR) is 261 cm³/mol. The van der Waals surface area contributed by atoms with Gasteiger partial charge in [0, 0.05) is 33.3 Å². The molecule has 2 heteroatoms. The Hall–Kier alpha value is -8.20. The molecule has 1 heterocycles. The molecule has 11 aromatic rings. The molecule has 0 aliphatic heterocycles. The molecule has 0 bridgehead atoms. The molecule has 1 aromatic heterocycles. The molecule has 0 N–H and O–H groups in total. The minimum atomic E-state index is -0.539. The molecule has 1 spiro atoms. The Bertz CT molecular complexity index is 3510. The lowest BCUT2D eigenvalue weighted by Crippen LogP contribution is -2.29. The van der Waals surface area contributed by atoms with Crippen LogP contribution in [0.4, 0.5) is 17.1 Å². The second-order valence-electron chi connectivity index (χ2n) is 16.7. The van der Waals surface area contributed by atoms with E-state index in [1.165, 1.54) is 61.2 Å². The van der Waals surface area contributed by atoms with Gasteiger partial charge in [-0.1, -0.05) is 200 Å². The van der Waals surface area contributed by atoms with E-state index in [1.54, 1.807) is 0 Å². The average Bonchev–Trinajstić information content (AvgIpc) is 3.85. The van der Waals surface area contributed by atoms with Crippen LogP contribution in [0.2, 0.25) is 0 Å². The molecule has 294 valence electrons. The Kier molecular flexibility index (Phi) is 7.85. The van der Waals surface area contributed by atoms with Crippen molar-refractivity contribution in [1.29, 1.82) is 0 Å². The first kappa shape index (κ1) is 35.5. The highest BCUT2D eigenvalue weighted by Crippen LogP contribution is 2.62. The Balaban J connectivity index is 1.04. The average molecular weight is 802 g/mol. The zero-order valence-electron chi connectivity index (χ0n) is 34.4. The number of anilines is 3. The van der Waals surface area contributed by atoms with Crippen molar-refractivity contribution in [3.8, 4) is 55.6 Å². The SMILES string of the molecule is c1ccc(-c2ccccc2N(c2ccc(-c3cccc4c3oc3ccccc34)cc2)c2ccc3c(c2)-c2ccccc2C32c3ccccc3-c3ccccc3-c3ccccc32)cc1. The van der Waals surface area contributed by atoms with E-state index in [1.807, 2.05) is 12.1 Å². The normalized spacial score (nSPS) is 12.9. The lowest BCUT2D eigenvalue weighted by Gasteiger charge is -2.35. The monoisotopic (exact) mass is 801 g/mol. The van der Waals surface area contributed by atoms with Gasteiger partial charge in [0.25, 0.3) is 0 Å². The molecule has 0 radical (unpaired) electrons. The maximum atomic E-state index is 6.50. The van der Waals surface area contributed by atoms with Gasteiger partial charge in [-0.15, -0.1) is 0 Å². The Labute approximate surface area is 366 Å². The summed E-state index contributed by atoms with van der Waals surface area (Å²) >= 11 is 0. The van der Waals surface area contributed by atoms with Crippen molar-refractivity contribution in [3.63, 3.8) is 0 Å². The van der Waals surface area contributed by atoms with Gasteiger partial charge in [0.1, 0.15) is 11.2 Å². The second kappa shape index (κ2) is 13.9. The van der Waals surface area contributed by atoms with Gasteiger partial charge in [0.2, 0.25) is 0 Å². The van der Waals surface area contributed by atoms with Crippen LogP contribution < -0.4 is 4.90 Å². The molecular formula is C61H39NO. The number of furan rings is 1. The molecule has 0 atom stereocenters. The van der Waals surface area contributed by atoms with Crippen molar-refractivity contribution in [2.75, 3.05) is 4.90 Å². The van der Waals surface area contributed by atoms with Gasteiger partial charge < -0.3 is 9.32 Å². The van der Waals surface area contributed by atoms with Gasteiger partial charge in [-0.2, -0.15) is 0 Å². The topological polar surface area (TPSA) is 16.4 Å². The number of fused-ring (bicyclic) bond motifs is 15. The van der Waals surface area contributed by atoms with Crippen LogP contribution in [0.1, 0.15) is 22.3 Å². The van der Waals surface area contributed by atoms with Crippen LogP contribution in [-0.2, 0) is 5.41 Å². The molecule has 0 amide bonds. The number of para-hydroxylation sites is 3. The highest BCUT2D eigenvalue weighted by atomic mass is 16.3. The smallest absolute Gasteiger partial charge is 0.143 e. The lowest BCUT2D eigenvalue weighted by atomic mass is 9.66. The van der Waals surface area contributed by atoms with Crippen molar-refractivity contribution in [2.45, 2.75) is 5.41 Å². The highest BCUT2D eigenvalue weighted by molar-refractivity contribution is 6.09. The Morgan fingerprint density at radius 3 is 1.46 bits per heavy atom. The van der Waals surface area contributed by atoms with E-state index in [9.17, 15) is 0 Å². The summed E-state index contributed by atoms with van der Waals surface area (Å²) in [5, 5.41) is 2.26. The number of hydrogen-bond acceptors (Lipinski definition) is 2. The van der Waals surface area contributed by atoms with Crippen LogP contribution in [0.3, 0.4) is 0 Å². The summed E-state index contributed by atoms with van der Waals surface area (Å²) in [6.45, 7) is 0. The summed E-state index contributed by atoms with van der Waals surface area (Å²) in [5.41, 5.74) is 21.9. The summed E-state index contributed by atoms with van der Waals surface area (Å²) in [6, 6.07) is 86.7. The summed E-state index contributed by atoms with van der Waals surface area (Å²) in [5.74, 6) is 0. The summed E-state index contributed by atoms with van der Waals surface area (Å²) < 4.78 is 6.50. The second-order valence-corrected chi connectivity index (χ2v) is 16.7. The van der Waals surface area contributed by atoms with E-state index in [0.717, 1.165) is 55.7 Å². The fourth-order valence-corrected chi connectivity index (χ4v) is 10.9. The van der Waals surface area contributed by atoms with Gasteiger partial charge in [0.15, 0.2) is 0 Å². The molecule has 0 unspecified atom stereocenters. The first-order chi connectivity index (χ1) is 31.3. The summed E-state index contributed by atoms with van der Waals surface area (Å²) in [6.07, 6.45) is 0. The standard InChI is InChI=1S/C61H39NO/c1-2-17-40(18-3-1)44-19-9-14-31-58(44)62(42-35-33-41(34-36-42)45-26-16-27-52-51-25-10-15-32-59(51)63-60(45)52)43-37-38-57-53(39-43)50-24-8-13-30-56(50)61(57)54-28-11-6-22-48(54)46-20-4-5-21-47(46)49-23-7-12-29-55(49)61/h1-39H. The maximum Gasteiger partial charge on any atom is 0.143 e. The van der Waals surface area contributed by atoms with Crippen LogP contribution in [0, 0.1) is 0 Å². The Morgan fingerprint density at radius 1 is 0.302 bits per heavy atom. The molecule has 2 aliphatic rings. The van der Waals surface area contributed by atoms with E-state index in [0.29, 0.717) is 0 Å². The van der Waals surface area contributed by atoms with E-state index in [-0.39, 0.29) is 0 Å². The van der Waals surface area contributed by atoms with Crippen molar-refractivity contribution in [2.24, 2.45) is 0 Å². The first-order valence-corrected chi connectivity index (χ1v) is 21.8. The molecule has 2 nitrogen and oxygen atoms in total. The number of benzene rings is 10. The third-order valence-electron chi connectivity index (χ3n) is 13.5. The van der Waals surface area contributed by atoms with Gasteiger partial charge in [-0.25, -0.2) is 0 Å². The van der Waals surface area contributed by atoms with Crippen LogP contribution in [-0.4, -0.2) is 0 Å². The molecule has 10 aromatic carbocycles. The van der Waals surface area contributed by atoms with Gasteiger partial charge in [0.05, 0.1) is 11.1 Å². The Morgan fingerprint density at radius 2 is 0.778 bits per heavy atom. The first-order valence-electron chi connectivity index (χ1n) is 21.8. The third kappa shape index (κ3) is 5.19. The fourth-order valence-electron chi connectivity index (χ4n) is 10.9. The zero-order chi connectivity index (χ0) is 41.5. The number of hydrogen-bond donors (Lipinski definition) is 0. The van der Waals surface area contributed by atoms with Crippen molar-refractivity contribution < 1.29 is 4.42 Å². The molecule has 63 heavy (non-hydrogen) atoms. The van der Waals surface area contributed by atoms with E-state index < -0.39 is 5.41 Å². The minimum Gasteiger partial charge on any atom is -0.455 e. The molecule has 0 saturated carbocycles. The molecule has 0 fully saturated rings. The van der Waals surface area contributed by atoms with Crippen molar-refractivity contribution in [1.82, 2.24) is 0 Å². The van der Waals surface area contributed by atoms with Crippen LogP contribution >= 0.6 is 0 Å². The number of rotatable bonds is 5.